The average molecular weight is 363 g/mol. The van der Waals surface area contributed by atoms with E-state index in [9.17, 15) is 12.8 Å². The number of rotatable bonds is 5. The van der Waals surface area contributed by atoms with Gasteiger partial charge in [0.15, 0.2) is 15.8 Å². The fraction of sp³-hybridized carbons (Fsp3) is 0.278. The molecule has 0 saturated carbocycles. The van der Waals surface area contributed by atoms with Crippen molar-refractivity contribution in [3.8, 4) is 0 Å². The van der Waals surface area contributed by atoms with E-state index in [1.807, 2.05) is 12.1 Å². The number of sulfone groups is 1. The lowest BCUT2D eigenvalue weighted by Crippen LogP contribution is -2.36. The van der Waals surface area contributed by atoms with Gasteiger partial charge in [-0.15, -0.1) is 0 Å². The van der Waals surface area contributed by atoms with Crippen LogP contribution in [0.15, 0.2) is 52.4 Å². The highest BCUT2D eigenvalue weighted by molar-refractivity contribution is 7.90. The highest BCUT2D eigenvalue weighted by Gasteiger charge is 2.11. The SMILES string of the molecule is CN=C(NCc1cccc(F)c1)NCc1ccc(S(C)(=O)=O)c(C)c1. The first kappa shape index (κ1) is 18.9. The molecule has 0 radical (unpaired) electrons. The third-order valence-electron chi connectivity index (χ3n) is 3.67. The highest BCUT2D eigenvalue weighted by Crippen LogP contribution is 2.16. The largest absolute Gasteiger partial charge is 0.352 e. The van der Waals surface area contributed by atoms with Crippen molar-refractivity contribution in [2.75, 3.05) is 13.3 Å². The number of benzene rings is 2. The van der Waals surface area contributed by atoms with E-state index < -0.39 is 9.84 Å². The lowest BCUT2D eigenvalue weighted by molar-refractivity contribution is 0.601. The molecule has 134 valence electrons. The van der Waals surface area contributed by atoms with Gasteiger partial charge >= 0.3 is 0 Å². The van der Waals surface area contributed by atoms with E-state index >= 15 is 0 Å². The molecule has 2 aromatic carbocycles. The van der Waals surface area contributed by atoms with E-state index in [-0.39, 0.29) is 5.82 Å². The van der Waals surface area contributed by atoms with Crippen molar-refractivity contribution < 1.29 is 12.8 Å². The van der Waals surface area contributed by atoms with Gasteiger partial charge in [0.25, 0.3) is 0 Å². The van der Waals surface area contributed by atoms with E-state index in [2.05, 4.69) is 15.6 Å². The first-order valence-corrected chi connectivity index (χ1v) is 9.67. The highest BCUT2D eigenvalue weighted by atomic mass is 32.2. The molecule has 25 heavy (non-hydrogen) atoms. The van der Waals surface area contributed by atoms with Crippen molar-refractivity contribution in [1.82, 2.24) is 10.6 Å². The van der Waals surface area contributed by atoms with Crippen LogP contribution in [0.5, 0.6) is 0 Å². The van der Waals surface area contributed by atoms with Crippen LogP contribution in [0.4, 0.5) is 4.39 Å². The lowest BCUT2D eigenvalue weighted by Gasteiger charge is -2.13. The molecule has 0 aliphatic carbocycles. The zero-order valence-corrected chi connectivity index (χ0v) is 15.3. The molecule has 5 nitrogen and oxygen atoms in total. The number of hydrogen-bond donors (Lipinski definition) is 2. The fourth-order valence-electron chi connectivity index (χ4n) is 2.48. The standard InChI is InChI=1S/C18H22FN3O2S/c1-13-9-15(7-8-17(13)25(3,23)24)12-22-18(20-2)21-11-14-5-4-6-16(19)10-14/h4-10H,11-12H2,1-3H3,(H2,20,21,22). The van der Waals surface area contributed by atoms with Crippen molar-refractivity contribution in [3.63, 3.8) is 0 Å². The van der Waals surface area contributed by atoms with E-state index in [4.69, 9.17) is 0 Å². The molecule has 0 aromatic heterocycles. The van der Waals surface area contributed by atoms with Crippen molar-refractivity contribution in [3.05, 3.63) is 65.0 Å². The smallest absolute Gasteiger partial charge is 0.191 e. The summed E-state index contributed by atoms with van der Waals surface area (Å²) in [4.78, 5) is 4.46. The monoisotopic (exact) mass is 363 g/mol. The van der Waals surface area contributed by atoms with Gasteiger partial charge in [-0.25, -0.2) is 12.8 Å². The van der Waals surface area contributed by atoms with Crippen LogP contribution in [0.2, 0.25) is 0 Å². The molecule has 0 aliphatic rings. The second kappa shape index (κ2) is 8.11. The molecule has 0 atom stereocenters. The third kappa shape index (κ3) is 5.56. The van der Waals surface area contributed by atoms with Gasteiger partial charge < -0.3 is 10.6 Å². The predicted molar refractivity (Wildman–Crippen MR) is 97.7 cm³/mol. The Morgan fingerprint density at radius 3 is 2.24 bits per heavy atom. The van der Waals surface area contributed by atoms with Crippen LogP contribution in [0.25, 0.3) is 0 Å². The quantitative estimate of drug-likeness (QED) is 0.632. The minimum absolute atomic E-state index is 0.274. The van der Waals surface area contributed by atoms with Crippen LogP contribution in [0.1, 0.15) is 16.7 Å². The lowest BCUT2D eigenvalue weighted by atomic mass is 10.1. The van der Waals surface area contributed by atoms with Crippen molar-refractivity contribution in [2.45, 2.75) is 24.9 Å². The Hall–Kier alpha value is -2.41. The first-order valence-electron chi connectivity index (χ1n) is 7.78. The molecule has 0 aliphatic heterocycles. The Labute approximate surface area is 147 Å². The summed E-state index contributed by atoms with van der Waals surface area (Å²) >= 11 is 0. The van der Waals surface area contributed by atoms with Crippen molar-refractivity contribution in [2.24, 2.45) is 4.99 Å². The molecule has 2 aromatic rings. The zero-order chi connectivity index (χ0) is 18.4. The van der Waals surface area contributed by atoms with Gasteiger partial charge in [-0.05, 0) is 41.8 Å². The average Bonchev–Trinajstić information content (AvgIpc) is 2.54. The molecule has 2 rings (SSSR count). The van der Waals surface area contributed by atoms with E-state index in [0.717, 1.165) is 11.1 Å². The van der Waals surface area contributed by atoms with Crippen LogP contribution in [-0.4, -0.2) is 27.7 Å². The molecule has 0 heterocycles. The van der Waals surface area contributed by atoms with Crippen LogP contribution in [0, 0.1) is 12.7 Å². The molecule has 0 spiro atoms. The Morgan fingerprint density at radius 2 is 1.72 bits per heavy atom. The Balaban J connectivity index is 1.96. The maximum Gasteiger partial charge on any atom is 0.191 e. The van der Waals surface area contributed by atoms with Crippen molar-refractivity contribution in [1.29, 1.82) is 0 Å². The maximum atomic E-state index is 13.2. The second-order valence-corrected chi connectivity index (χ2v) is 7.77. The van der Waals surface area contributed by atoms with Gasteiger partial charge in [-0.1, -0.05) is 24.3 Å². The molecule has 0 unspecified atom stereocenters. The van der Waals surface area contributed by atoms with Crippen LogP contribution in [-0.2, 0) is 22.9 Å². The van der Waals surface area contributed by atoms with Gasteiger partial charge in [0.2, 0.25) is 0 Å². The number of aryl methyl sites for hydroxylation is 1. The van der Waals surface area contributed by atoms with Crippen LogP contribution < -0.4 is 10.6 Å². The zero-order valence-electron chi connectivity index (χ0n) is 14.5. The fourth-order valence-corrected chi connectivity index (χ4v) is 3.44. The van der Waals surface area contributed by atoms with E-state index in [0.29, 0.717) is 29.5 Å². The number of nitrogens with one attached hydrogen (secondary N) is 2. The summed E-state index contributed by atoms with van der Waals surface area (Å²) in [6.45, 7) is 2.72. The van der Waals surface area contributed by atoms with Gasteiger partial charge in [-0.3, -0.25) is 4.99 Å². The van der Waals surface area contributed by atoms with Crippen molar-refractivity contribution >= 4 is 15.8 Å². The van der Waals surface area contributed by atoms with E-state index in [1.54, 1.807) is 32.2 Å². The number of aliphatic imine (C=N–C) groups is 1. The van der Waals surface area contributed by atoms with E-state index in [1.165, 1.54) is 18.4 Å². The molecular formula is C18H22FN3O2S. The van der Waals surface area contributed by atoms with Gasteiger partial charge in [-0.2, -0.15) is 0 Å². The summed E-state index contributed by atoms with van der Waals surface area (Å²) in [5, 5.41) is 6.26. The van der Waals surface area contributed by atoms with Gasteiger partial charge in [0.1, 0.15) is 5.82 Å². The Bertz CT molecular complexity index is 880. The number of halogens is 1. The first-order chi connectivity index (χ1) is 11.8. The Morgan fingerprint density at radius 1 is 1.08 bits per heavy atom. The molecule has 0 amide bonds. The maximum absolute atomic E-state index is 13.2. The summed E-state index contributed by atoms with van der Waals surface area (Å²) < 4.78 is 36.5. The molecule has 0 fully saturated rings. The molecule has 0 bridgehead atoms. The van der Waals surface area contributed by atoms with Gasteiger partial charge in [0, 0.05) is 26.4 Å². The minimum atomic E-state index is -3.22. The molecule has 7 heteroatoms. The summed E-state index contributed by atoms with van der Waals surface area (Å²) in [6.07, 6.45) is 1.20. The number of nitrogens with zero attached hydrogens (tertiary/aromatic N) is 1. The second-order valence-electron chi connectivity index (χ2n) is 5.78. The summed E-state index contributed by atoms with van der Waals surface area (Å²) in [7, 11) is -1.56. The molecule has 2 N–H and O–H groups in total. The molecular weight excluding hydrogens is 341 g/mol. The summed E-state index contributed by atoms with van der Waals surface area (Å²) in [5.41, 5.74) is 2.47. The molecule has 0 saturated heterocycles. The summed E-state index contributed by atoms with van der Waals surface area (Å²) in [5.74, 6) is 0.304. The minimum Gasteiger partial charge on any atom is -0.352 e. The topological polar surface area (TPSA) is 70.6 Å². The third-order valence-corrected chi connectivity index (χ3v) is 4.93. The Kier molecular flexibility index (Phi) is 6.14. The predicted octanol–water partition coefficient (Wildman–Crippen LogP) is 2.40. The van der Waals surface area contributed by atoms with Crippen LogP contribution >= 0.6 is 0 Å². The van der Waals surface area contributed by atoms with Crippen LogP contribution in [0.3, 0.4) is 0 Å². The number of hydrogen-bond acceptors (Lipinski definition) is 3. The van der Waals surface area contributed by atoms with Gasteiger partial charge in [0.05, 0.1) is 4.90 Å². The summed E-state index contributed by atoms with van der Waals surface area (Å²) in [6, 6.07) is 11.6. The normalized spacial score (nSPS) is 12.1. The number of guanidine groups is 1.